The van der Waals surface area contributed by atoms with Crippen LogP contribution in [0.15, 0.2) is 36.5 Å². The van der Waals surface area contributed by atoms with Crippen LogP contribution in [-0.4, -0.2) is 41.9 Å². The van der Waals surface area contributed by atoms with Crippen LogP contribution in [-0.2, 0) is 14.9 Å². The lowest BCUT2D eigenvalue weighted by Crippen LogP contribution is -2.46. The van der Waals surface area contributed by atoms with E-state index in [9.17, 15) is 22.9 Å². The predicted octanol–water partition coefficient (Wildman–Crippen LogP) is 10.2. The maximum atomic E-state index is 12.4. The molecule has 0 aliphatic carbocycles. The average molecular weight is 640 g/mol. The number of unbranched alkanes of at least 4 members (excludes halogenated alkanes) is 20. The number of hydrogen-bond acceptors (Lipinski definition) is 4. The van der Waals surface area contributed by atoms with E-state index in [-0.39, 0.29) is 12.3 Å². The Morgan fingerprint density at radius 1 is 0.591 bits per heavy atom. The Balaban J connectivity index is 4.08. The van der Waals surface area contributed by atoms with Crippen molar-refractivity contribution in [3.05, 3.63) is 36.5 Å². The molecule has 2 unspecified atom stereocenters. The quantitative estimate of drug-likeness (QED) is 0.0386. The lowest BCUT2D eigenvalue weighted by Gasteiger charge is -2.21. The molecular weight excluding hydrogens is 570 g/mol. The summed E-state index contributed by atoms with van der Waals surface area (Å²) in [6, 6.07) is -1.07. The maximum Gasteiger partial charge on any atom is 0.267 e. The third-order valence-electron chi connectivity index (χ3n) is 8.05. The molecule has 0 aromatic rings. The number of allylic oxidation sites excluding steroid dienone is 5. The predicted molar refractivity (Wildman–Crippen MR) is 189 cm³/mol. The number of hydrogen-bond donors (Lipinski definition) is 3. The van der Waals surface area contributed by atoms with Gasteiger partial charge < -0.3 is 10.4 Å². The number of amides is 1. The van der Waals surface area contributed by atoms with E-state index in [1.807, 2.05) is 0 Å². The molecule has 0 bridgehead atoms. The monoisotopic (exact) mass is 639 g/mol. The van der Waals surface area contributed by atoms with Crippen molar-refractivity contribution < 1.29 is 22.9 Å². The first kappa shape index (κ1) is 42.6. The van der Waals surface area contributed by atoms with Crippen LogP contribution in [0.2, 0.25) is 0 Å². The van der Waals surface area contributed by atoms with E-state index in [0.29, 0.717) is 6.42 Å². The number of rotatable bonds is 32. The Morgan fingerprint density at radius 3 is 1.43 bits per heavy atom. The van der Waals surface area contributed by atoms with Gasteiger partial charge in [-0.15, -0.1) is 0 Å². The van der Waals surface area contributed by atoms with Gasteiger partial charge in [0.2, 0.25) is 5.91 Å². The molecule has 0 aromatic heterocycles. The Kier molecular flexibility index (Phi) is 30.5. The van der Waals surface area contributed by atoms with Crippen molar-refractivity contribution in [3.8, 4) is 0 Å². The molecule has 0 fully saturated rings. The van der Waals surface area contributed by atoms with Crippen molar-refractivity contribution in [2.24, 2.45) is 0 Å². The molecule has 258 valence electrons. The minimum atomic E-state index is -4.35. The normalized spacial score (nSPS) is 13.8. The van der Waals surface area contributed by atoms with Crippen LogP contribution in [0.1, 0.15) is 174 Å². The Labute approximate surface area is 272 Å². The van der Waals surface area contributed by atoms with Crippen molar-refractivity contribution in [1.29, 1.82) is 0 Å². The van der Waals surface area contributed by atoms with Crippen LogP contribution in [0.3, 0.4) is 0 Å². The second-order valence-electron chi connectivity index (χ2n) is 12.5. The zero-order valence-electron chi connectivity index (χ0n) is 28.5. The van der Waals surface area contributed by atoms with Gasteiger partial charge in [-0.1, -0.05) is 159 Å². The fraction of sp³-hybridized carbons (Fsp3) is 0.811. The fourth-order valence-corrected chi connectivity index (χ4v) is 6.04. The van der Waals surface area contributed by atoms with E-state index in [2.05, 4.69) is 43.5 Å². The van der Waals surface area contributed by atoms with Gasteiger partial charge in [0.1, 0.15) is 0 Å². The molecule has 0 spiro atoms. The zero-order valence-corrected chi connectivity index (χ0v) is 29.3. The van der Waals surface area contributed by atoms with Gasteiger partial charge in [0.25, 0.3) is 10.1 Å². The second kappa shape index (κ2) is 31.5. The molecule has 0 rings (SSSR count). The van der Waals surface area contributed by atoms with Crippen molar-refractivity contribution in [3.63, 3.8) is 0 Å². The largest absolute Gasteiger partial charge is 0.387 e. The Bertz CT molecular complexity index is 837. The molecule has 6 nitrogen and oxygen atoms in total. The van der Waals surface area contributed by atoms with Gasteiger partial charge in [-0.2, -0.15) is 8.42 Å². The molecule has 0 saturated heterocycles. The van der Waals surface area contributed by atoms with Crippen molar-refractivity contribution >= 4 is 16.0 Å². The summed E-state index contributed by atoms with van der Waals surface area (Å²) >= 11 is 0. The molecule has 2 atom stereocenters. The molecular formula is C37H69NO5S. The average Bonchev–Trinajstić information content (AvgIpc) is 2.98. The third-order valence-corrected chi connectivity index (χ3v) is 8.83. The van der Waals surface area contributed by atoms with Crippen LogP contribution in [0.5, 0.6) is 0 Å². The van der Waals surface area contributed by atoms with Crippen LogP contribution < -0.4 is 5.32 Å². The summed E-state index contributed by atoms with van der Waals surface area (Å²) in [5.74, 6) is -1.01. The number of nitrogens with one attached hydrogen (secondary N) is 1. The minimum absolute atomic E-state index is 0.287. The third kappa shape index (κ3) is 32.0. The van der Waals surface area contributed by atoms with E-state index in [4.69, 9.17) is 0 Å². The zero-order chi connectivity index (χ0) is 32.6. The molecule has 0 aliphatic heterocycles. The molecule has 0 saturated carbocycles. The highest BCUT2D eigenvalue weighted by molar-refractivity contribution is 7.85. The maximum absolute atomic E-state index is 12.4. The molecule has 0 radical (unpaired) electrons. The minimum Gasteiger partial charge on any atom is -0.387 e. The van der Waals surface area contributed by atoms with Gasteiger partial charge in [-0.05, 0) is 44.9 Å². The highest BCUT2D eigenvalue weighted by Gasteiger charge is 2.24. The summed E-state index contributed by atoms with van der Waals surface area (Å²) in [6.45, 7) is 4.49. The van der Waals surface area contributed by atoms with Gasteiger partial charge in [0.05, 0.1) is 17.9 Å². The van der Waals surface area contributed by atoms with Crippen molar-refractivity contribution in [1.82, 2.24) is 5.32 Å². The smallest absolute Gasteiger partial charge is 0.267 e. The highest BCUT2D eigenvalue weighted by Crippen LogP contribution is 2.13. The van der Waals surface area contributed by atoms with Gasteiger partial charge in [0, 0.05) is 6.42 Å². The highest BCUT2D eigenvalue weighted by atomic mass is 32.2. The van der Waals surface area contributed by atoms with Gasteiger partial charge >= 0.3 is 0 Å². The summed E-state index contributed by atoms with van der Waals surface area (Å²) in [6.07, 6.45) is 39.8. The van der Waals surface area contributed by atoms with Crippen LogP contribution in [0, 0.1) is 0 Å². The Hall–Kier alpha value is -1.44. The summed E-state index contributed by atoms with van der Waals surface area (Å²) in [5.41, 5.74) is 0. The van der Waals surface area contributed by atoms with E-state index in [0.717, 1.165) is 38.5 Å². The summed E-state index contributed by atoms with van der Waals surface area (Å²) in [4.78, 5) is 12.4. The van der Waals surface area contributed by atoms with E-state index in [1.165, 1.54) is 115 Å². The van der Waals surface area contributed by atoms with Gasteiger partial charge in [-0.3, -0.25) is 9.35 Å². The summed E-state index contributed by atoms with van der Waals surface area (Å²) in [7, 11) is -4.35. The molecule has 44 heavy (non-hydrogen) atoms. The molecule has 0 aromatic carbocycles. The van der Waals surface area contributed by atoms with Crippen LogP contribution in [0.25, 0.3) is 0 Å². The standard InChI is InChI=1S/C37H69NO5S/c1-3-5-7-9-11-13-15-17-18-19-21-22-24-26-28-30-32-36(39)35(34-44(41,42)43)38-37(40)33-31-29-27-25-23-20-16-14-12-10-8-6-4-2/h17-18,22,24,30,32,35-36,39H,3-16,19-21,23,25-29,31,33-34H2,1-2H3,(H,38,40)(H,41,42,43)/b18-17+,24-22+,32-30+. The Morgan fingerprint density at radius 2 is 0.977 bits per heavy atom. The van der Waals surface area contributed by atoms with E-state index < -0.39 is 28.0 Å². The number of aliphatic hydroxyl groups excluding tert-OH is 1. The summed E-state index contributed by atoms with van der Waals surface area (Å²) < 4.78 is 32.3. The second-order valence-corrected chi connectivity index (χ2v) is 14.0. The SMILES string of the molecule is CCCCCCCC/C=C/CC/C=C/CC/C=C/C(O)C(CS(=O)(=O)O)NC(=O)CCCCCCCCCCCCCCC. The first-order valence-electron chi connectivity index (χ1n) is 18.2. The molecule has 0 heterocycles. The number of aliphatic hydroxyl groups is 1. The van der Waals surface area contributed by atoms with Crippen molar-refractivity contribution in [2.75, 3.05) is 5.75 Å². The van der Waals surface area contributed by atoms with E-state index >= 15 is 0 Å². The topological polar surface area (TPSA) is 104 Å². The lowest BCUT2D eigenvalue weighted by molar-refractivity contribution is -0.122. The molecule has 1 amide bonds. The van der Waals surface area contributed by atoms with Gasteiger partial charge in [0.15, 0.2) is 0 Å². The molecule has 3 N–H and O–H groups in total. The van der Waals surface area contributed by atoms with Crippen LogP contribution in [0.4, 0.5) is 0 Å². The fourth-order valence-electron chi connectivity index (χ4n) is 5.30. The number of carbonyl (C=O) groups is 1. The van der Waals surface area contributed by atoms with Crippen molar-refractivity contribution in [2.45, 2.75) is 187 Å². The first-order valence-corrected chi connectivity index (χ1v) is 19.8. The summed E-state index contributed by atoms with van der Waals surface area (Å²) in [5, 5.41) is 13.1. The first-order chi connectivity index (χ1) is 21.3. The molecule has 0 aliphatic rings. The molecule has 7 heteroatoms. The lowest BCUT2D eigenvalue weighted by atomic mass is 10.0. The van der Waals surface area contributed by atoms with Crippen LogP contribution >= 0.6 is 0 Å². The number of carbonyl (C=O) groups excluding carboxylic acids is 1. The van der Waals surface area contributed by atoms with Gasteiger partial charge in [-0.25, -0.2) is 0 Å². The van der Waals surface area contributed by atoms with E-state index in [1.54, 1.807) is 6.08 Å².